The summed E-state index contributed by atoms with van der Waals surface area (Å²) in [6.07, 6.45) is 1.67. The molecule has 1 heterocycles. The third kappa shape index (κ3) is 4.09. The SMILES string of the molecule is CCCOc1cc2c(C(=O)O)c(-c3ccc(F)cc3)oc2cc1NS(C)(=O)=O. The molecule has 0 amide bonds. The molecule has 7 nitrogen and oxygen atoms in total. The Labute approximate surface area is 160 Å². The van der Waals surface area contributed by atoms with E-state index in [0.29, 0.717) is 18.6 Å². The highest BCUT2D eigenvalue weighted by Crippen LogP contribution is 2.39. The molecule has 9 heteroatoms. The normalized spacial score (nSPS) is 11.5. The minimum absolute atomic E-state index is 0.0421. The van der Waals surface area contributed by atoms with Crippen LogP contribution in [0.3, 0.4) is 0 Å². The summed E-state index contributed by atoms with van der Waals surface area (Å²) < 4.78 is 50.2. The van der Waals surface area contributed by atoms with Gasteiger partial charge in [-0.25, -0.2) is 17.6 Å². The first-order chi connectivity index (χ1) is 13.2. The highest BCUT2D eigenvalue weighted by molar-refractivity contribution is 7.92. The lowest BCUT2D eigenvalue weighted by molar-refractivity contribution is 0.0699. The van der Waals surface area contributed by atoms with Crippen molar-refractivity contribution in [3.05, 3.63) is 47.8 Å². The minimum atomic E-state index is -3.60. The second-order valence-corrected chi connectivity index (χ2v) is 7.93. The van der Waals surface area contributed by atoms with Crippen LogP contribution in [0.5, 0.6) is 5.75 Å². The number of ether oxygens (including phenoxy) is 1. The number of aromatic carboxylic acids is 1. The van der Waals surface area contributed by atoms with Gasteiger partial charge in [0, 0.05) is 17.0 Å². The zero-order valence-corrected chi connectivity index (χ0v) is 16.0. The van der Waals surface area contributed by atoms with Gasteiger partial charge in [0.05, 0.1) is 18.6 Å². The molecule has 1 aromatic heterocycles. The van der Waals surface area contributed by atoms with Crippen LogP contribution >= 0.6 is 0 Å². The molecule has 0 saturated carbocycles. The van der Waals surface area contributed by atoms with Gasteiger partial charge in [0.25, 0.3) is 0 Å². The highest BCUT2D eigenvalue weighted by Gasteiger charge is 2.24. The van der Waals surface area contributed by atoms with Gasteiger partial charge in [0.2, 0.25) is 10.0 Å². The van der Waals surface area contributed by atoms with Crippen LogP contribution in [-0.2, 0) is 10.0 Å². The molecule has 3 rings (SSSR count). The smallest absolute Gasteiger partial charge is 0.340 e. The molecule has 0 bridgehead atoms. The number of benzene rings is 2. The fourth-order valence-corrected chi connectivity index (χ4v) is 3.31. The Morgan fingerprint density at radius 3 is 2.50 bits per heavy atom. The Balaban J connectivity index is 2.25. The second kappa shape index (κ2) is 7.51. The molecule has 0 fully saturated rings. The van der Waals surface area contributed by atoms with Gasteiger partial charge in [-0.15, -0.1) is 0 Å². The number of nitrogens with one attached hydrogen (secondary N) is 1. The zero-order valence-electron chi connectivity index (χ0n) is 15.2. The van der Waals surface area contributed by atoms with Gasteiger partial charge in [-0.05, 0) is 36.8 Å². The molecule has 0 aliphatic carbocycles. The zero-order chi connectivity index (χ0) is 20.5. The Hall–Kier alpha value is -3.07. The number of hydrogen-bond donors (Lipinski definition) is 2. The standard InChI is InChI=1S/C19H18FNO6S/c1-3-8-26-16-9-13-15(10-14(16)21-28(2,24)25)27-18(17(13)19(22)23)11-4-6-12(20)7-5-11/h4-7,9-10,21H,3,8H2,1-2H3,(H,22,23). The van der Waals surface area contributed by atoms with Crippen molar-refractivity contribution in [1.82, 2.24) is 0 Å². The van der Waals surface area contributed by atoms with Crippen LogP contribution in [0.1, 0.15) is 23.7 Å². The molecule has 0 aliphatic heterocycles. The van der Waals surface area contributed by atoms with Crippen LogP contribution in [0.25, 0.3) is 22.3 Å². The summed E-state index contributed by atoms with van der Waals surface area (Å²) in [5.74, 6) is -1.47. The van der Waals surface area contributed by atoms with E-state index in [2.05, 4.69) is 4.72 Å². The molecule has 0 atom stereocenters. The van der Waals surface area contributed by atoms with Gasteiger partial charge >= 0.3 is 5.97 Å². The molecule has 0 saturated heterocycles. The molecular weight excluding hydrogens is 389 g/mol. The molecule has 2 N–H and O–H groups in total. The summed E-state index contributed by atoms with van der Waals surface area (Å²) in [4.78, 5) is 11.9. The van der Waals surface area contributed by atoms with Gasteiger partial charge in [-0.1, -0.05) is 6.92 Å². The summed E-state index contributed by atoms with van der Waals surface area (Å²) >= 11 is 0. The molecule has 0 unspecified atom stereocenters. The van der Waals surface area contributed by atoms with E-state index >= 15 is 0 Å². The van der Waals surface area contributed by atoms with Gasteiger partial charge in [0.1, 0.15) is 28.5 Å². The maximum absolute atomic E-state index is 13.2. The number of sulfonamides is 1. The third-order valence-electron chi connectivity index (χ3n) is 3.87. The second-order valence-electron chi connectivity index (χ2n) is 6.19. The quantitative estimate of drug-likeness (QED) is 0.611. The first kappa shape index (κ1) is 19.7. The lowest BCUT2D eigenvalue weighted by Crippen LogP contribution is -2.11. The Morgan fingerprint density at radius 2 is 1.93 bits per heavy atom. The van der Waals surface area contributed by atoms with E-state index in [1.54, 1.807) is 0 Å². The summed E-state index contributed by atoms with van der Waals surface area (Å²) in [6, 6.07) is 8.01. The number of carboxylic acid groups (broad SMARTS) is 1. The van der Waals surface area contributed by atoms with Crippen molar-refractivity contribution in [3.63, 3.8) is 0 Å². The topological polar surface area (TPSA) is 106 Å². The number of hydrogen-bond acceptors (Lipinski definition) is 5. The van der Waals surface area contributed by atoms with Crippen molar-refractivity contribution in [3.8, 4) is 17.1 Å². The van der Waals surface area contributed by atoms with Crippen LogP contribution in [0.15, 0.2) is 40.8 Å². The predicted molar refractivity (Wildman–Crippen MR) is 103 cm³/mol. The number of carboxylic acids is 1. The van der Waals surface area contributed by atoms with E-state index in [1.165, 1.54) is 36.4 Å². The summed E-state index contributed by atoms with van der Waals surface area (Å²) in [7, 11) is -3.60. The lowest BCUT2D eigenvalue weighted by Gasteiger charge is -2.12. The third-order valence-corrected chi connectivity index (χ3v) is 4.46. The van der Waals surface area contributed by atoms with Crippen LogP contribution in [0.4, 0.5) is 10.1 Å². The molecule has 0 radical (unpaired) electrons. The number of carbonyl (C=O) groups is 1. The molecule has 148 valence electrons. The lowest BCUT2D eigenvalue weighted by atomic mass is 10.1. The van der Waals surface area contributed by atoms with Crippen molar-refractivity contribution in [2.75, 3.05) is 17.6 Å². The number of furan rings is 1. The number of halogens is 1. The van der Waals surface area contributed by atoms with Crippen LogP contribution < -0.4 is 9.46 Å². The van der Waals surface area contributed by atoms with Crippen molar-refractivity contribution in [1.29, 1.82) is 0 Å². The van der Waals surface area contributed by atoms with Crippen molar-refractivity contribution in [2.45, 2.75) is 13.3 Å². The number of rotatable bonds is 7. The van der Waals surface area contributed by atoms with Gasteiger partial charge in [0.15, 0.2) is 0 Å². The van der Waals surface area contributed by atoms with Crippen molar-refractivity contribution in [2.24, 2.45) is 0 Å². The average molecular weight is 407 g/mol. The molecular formula is C19H18FNO6S. The summed E-state index contributed by atoms with van der Waals surface area (Å²) in [5, 5.41) is 9.95. The van der Waals surface area contributed by atoms with Gasteiger partial charge in [-0.2, -0.15) is 0 Å². The summed E-state index contributed by atoms with van der Waals surface area (Å²) in [5.41, 5.74) is 0.559. The number of anilines is 1. The van der Waals surface area contributed by atoms with Gasteiger partial charge in [-0.3, -0.25) is 4.72 Å². The van der Waals surface area contributed by atoms with E-state index in [9.17, 15) is 22.7 Å². The van der Waals surface area contributed by atoms with Crippen molar-refractivity contribution < 1.29 is 31.9 Å². The fourth-order valence-electron chi connectivity index (χ4n) is 2.75. The Morgan fingerprint density at radius 1 is 1.25 bits per heavy atom. The molecule has 0 aliphatic rings. The van der Waals surface area contributed by atoms with Crippen molar-refractivity contribution >= 4 is 32.6 Å². The predicted octanol–water partition coefficient (Wildman–Crippen LogP) is 4.10. The van der Waals surface area contributed by atoms with E-state index in [4.69, 9.17) is 9.15 Å². The molecule has 3 aromatic rings. The van der Waals surface area contributed by atoms with E-state index in [0.717, 1.165) is 6.26 Å². The van der Waals surface area contributed by atoms with Crippen LogP contribution in [0, 0.1) is 5.82 Å². The number of fused-ring (bicyclic) bond motifs is 1. The van der Waals surface area contributed by atoms with Crippen LogP contribution in [-0.4, -0.2) is 32.4 Å². The van der Waals surface area contributed by atoms with E-state index in [-0.39, 0.29) is 33.7 Å². The maximum atomic E-state index is 13.2. The molecule has 2 aromatic carbocycles. The Kier molecular flexibility index (Phi) is 5.28. The largest absolute Gasteiger partial charge is 0.491 e. The van der Waals surface area contributed by atoms with Crippen LogP contribution in [0.2, 0.25) is 0 Å². The monoisotopic (exact) mass is 407 g/mol. The van der Waals surface area contributed by atoms with E-state index in [1.807, 2.05) is 6.92 Å². The first-order valence-electron chi connectivity index (χ1n) is 8.40. The first-order valence-corrected chi connectivity index (χ1v) is 10.3. The van der Waals surface area contributed by atoms with E-state index < -0.39 is 21.8 Å². The maximum Gasteiger partial charge on any atom is 0.340 e. The molecule has 28 heavy (non-hydrogen) atoms. The molecule has 0 spiro atoms. The Bertz CT molecular complexity index is 1140. The summed E-state index contributed by atoms with van der Waals surface area (Å²) in [6.45, 7) is 2.20. The van der Waals surface area contributed by atoms with Gasteiger partial charge < -0.3 is 14.3 Å². The average Bonchev–Trinajstić information content (AvgIpc) is 2.97. The highest BCUT2D eigenvalue weighted by atomic mass is 32.2. The fraction of sp³-hybridized carbons (Fsp3) is 0.211. The minimum Gasteiger partial charge on any atom is -0.491 e.